The Balaban J connectivity index is 2.81. The Bertz CT molecular complexity index is 472. The van der Waals surface area contributed by atoms with E-state index in [1.807, 2.05) is 0 Å². The Morgan fingerprint density at radius 3 is 2.71 bits per heavy atom. The van der Waals surface area contributed by atoms with Crippen LogP contribution in [0.1, 0.15) is 11.4 Å². The van der Waals surface area contributed by atoms with Gasteiger partial charge in [-0.1, -0.05) is 0 Å². The van der Waals surface area contributed by atoms with E-state index in [4.69, 9.17) is 0 Å². The molecule has 0 aliphatic rings. The van der Waals surface area contributed by atoms with Crippen LogP contribution in [-0.2, 0) is 6.18 Å². The molecule has 0 saturated heterocycles. The van der Waals surface area contributed by atoms with Gasteiger partial charge in [0.25, 0.3) is 0 Å². The van der Waals surface area contributed by atoms with E-state index in [9.17, 15) is 13.2 Å². The fourth-order valence-corrected chi connectivity index (χ4v) is 1.37. The van der Waals surface area contributed by atoms with Gasteiger partial charge in [-0.3, -0.25) is 9.38 Å². The number of rotatable bonds is 0. The zero-order chi connectivity index (χ0) is 10.3. The third-order valence-corrected chi connectivity index (χ3v) is 1.87. The smallest absolute Gasteiger partial charge is 0.293 e. The highest BCUT2D eigenvalue weighted by molar-refractivity contribution is 5.41. The first-order valence-electron chi connectivity index (χ1n) is 3.86. The molecule has 0 amide bonds. The van der Waals surface area contributed by atoms with Crippen LogP contribution in [0.2, 0.25) is 0 Å². The lowest BCUT2D eigenvalue weighted by Crippen LogP contribution is -2.10. The minimum absolute atomic E-state index is 0.0366. The molecule has 0 aliphatic heterocycles. The average Bonchev–Trinajstić information content (AvgIpc) is 2.38. The summed E-state index contributed by atoms with van der Waals surface area (Å²) >= 11 is 0. The highest BCUT2D eigenvalue weighted by Gasteiger charge is 2.36. The van der Waals surface area contributed by atoms with Gasteiger partial charge < -0.3 is 0 Å². The molecule has 0 unspecified atom stereocenters. The van der Waals surface area contributed by atoms with Crippen LogP contribution in [0, 0.1) is 6.92 Å². The van der Waals surface area contributed by atoms with Crippen LogP contribution in [0.5, 0.6) is 0 Å². The van der Waals surface area contributed by atoms with E-state index in [1.165, 1.54) is 25.5 Å². The normalized spacial score (nSPS) is 12.3. The van der Waals surface area contributed by atoms with Crippen LogP contribution in [-0.4, -0.2) is 14.4 Å². The maximum absolute atomic E-state index is 12.5. The maximum Gasteiger partial charge on any atom is 0.433 e. The first-order valence-corrected chi connectivity index (χ1v) is 3.86. The van der Waals surface area contributed by atoms with Crippen molar-refractivity contribution in [2.45, 2.75) is 13.1 Å². The fourth-order valence-electron chi connectivity index (χ4n) is 1.37. The first-order chi connectivity index (χ1) is 6.50. The Morgan fingerprint density at radius 1 is 1.36 bits per heavy atom. The molecular formula is C8H6F3N3. The molecule has 0 aliphatic carbocycles. The van der Waals surface area contributed by atoms with E-state index in [2.05, 4.69) is 9.97 Å². The number of fused-ring (bicyclic) bond motifs is 1. The predicted octanol–water partition coefficient (Wildman–Crippen LogP) is 2.06. The summed E-state index contributed by atoms with van der Waals surface area (Å²) in [7, 11) is 0. The van der Waals surface area contributed by atoms with Crippen molar-refractivity contribution in [3.63, 3.8) is 0 Å². The number of nitrogens with zero attached hydrogens (tertiary/aromatic N) is 3. The molecule has 14 heavy (non-hydrogen) atoms. The summed E-state index contributed by atoms with van der Waals surface area (Å²) in [5, 5.41) is 0. The molecular weight excluding hydrogens is 195 g/mol. The van der Waals surface area contributed by atoms with Crippen molar-refractivity contribution in [1.82, 2.24) is 14.4 Å². The zero-order valence-corrected chi connectivity index (χ0v) is 7.21. The van der Waals surface area contributed by atoms with Gasteiger partial charge in [0.15, 0.2) is 11.3 Å². The standard InChI is InChI=1S/C8H6F3N3/c1-5-7(8(9,10)11)14-3-2-12-4-6(14)13-5/h2-4H,1H3. The second-order valence-corrected chi connectivity index (χ2v) is 2.85. The fraction of sp³-hybridized carbons (Fsp3) is 0.250. The Kier molecular flexibility index (Phi) is 1.73. The molecule has 2 aromatic rings. The molecule has 74 valence electrons. The number of hydrogen-bond acceptors (Lipinski definition) is 2. The second-order valence-electron chi connectivity index (χ2n) is 2.85. The van der Waals surface area contributed by atoms with Crippen LogP contribution in [0.15, 0.2) is 18.6 Å². The molecule has 2 aromatic heterocycles. The zero-order valence-electron chi connectivity index (χ0n) is 7.21. The van der Waals surface area contributed by atoms with E-state index in [0.29, 0.717) is 0 Å². The lowest BCUT2D eigenvalue weighted by Gasteiger charge is -2.06. The molecule has 3 nitrogen and oxygen atoms in total. The average molecular weight is 201 g/mol. The Morgan fingerprint density at radius 2 is 2.07 bits per heavy atom. The Hall–Kier alpha value is -1.59. The van der Waals surface area contributed by atoms with E-state index < -0.39 is 11.9 Å². The topological polar surface area (TPSA) is 30.2 Å². The van der Waals surface area contributed by atoms with Gasteiger partial charge >= 0.3 is 6.18 Å². The summed E-state index contributed by atoms with van der Waals surface area (Å²) in [5.74, 6) is 0. The van der Waals surface area contributed by atoms with Gasteiger partial charge in [-0.25, -0.2) is 4.98 Å². The molecule has 0 bridgehead atoms. The number of hydrogen-bond donors (Lipinski definition) is 0. The van der Waals surface area contributed by atoms with Crippen molar-refractivity contribution < 1.29 is 13.2 Å². The van der Waals surface area contributed by atoms with E-state index in [0.717, 1.165) is 4.40 Å². The van der Waals surface area contributed by atoms with Crippen molar-refractivity contribution in [1.29, 1.82) is 0 Å². The number of halogens is 3. The SMILES string of the molecule is Cc1nc2cnccn2c1C(F)(F)F. The number of alkyl halides is 3. The van der Waals surface area contributed by atoms with Crippen molar-refractivity contribution in [3.05, 3.63) is 30.0 Å². The molecule has 0 N–H and O–H groups in total. The van der Waals surface area contributed by atoms with Crippen molar-refractivity contribution in [2.75, 3.05) is 0 Å². The van der Waals surface area contributed by atoms with E-state index in [1.54, 1.807) is 0 Å². The summed E-state index contributed by atoms with van der Waals surface area (Å²) in [6, 6.07) is 0. The molecule has 0 fully saturated rings. The molecule has 0 atom stereocenters. The van der Waals surface area contributed by atoms with Gasteiger partial charge in [0.05, 0.1) is 11.9 Å². The van der Waals surface area contributed by atoms with Crippen LogP contribution >= 0.6 is 0 Å². The van der Waals surface area contributed by atoms with Gasteiger partial charge in [-0.2, -0.15) is 13.2 Å². The van der Waals surface area contributed by atoms with Crippen molar-refractivity contribution >= 4 is 5.65 Å². The van der Waals surface area contributed by atoms with Crippen LogP contribution < -0.4 is 0 Å². The monoisotopic (exact) mass is 201 g/mol. The summed E-state index contributed by atoms with van der Waals surface area (Å²) in [4.78, 5) is 7.46. The summed E-state index contributed by atoms with van der Waals surface area (Å²) in [6.07, 6.45) is -0.547. The van der Waals surface area contributed by atoms with Gasteiger partial charge in [-0.05, 0) is 6.92 Å². The first kappa shape index (κ1) is 8.98. The van der Waals surface area contributed by atoms with Gasteiger partial charge in [0.1, 0.15) is 0 Å². The predicted molar refractivity (Wildman–Crippen MR) is 42.7 cm³/mol. The number of aryl methyl sites for hydroxylation is 1. The highest BCUT2D eigenvalue weighted by Crippen LogP contribution is 2.31. The third kappa shape index (κ3) is 1.23. The lowest BCUT2D eigenvalue weighted by molar-refractivity contribution is -0.142. The van der Waals surface area contributed by atoms with Gasteiger partial charge in [0, 0.05) is 12.4 Å². The van der Waals surface area contributed by atoms with Crippen LogP contribution in [0.25, 0.3) is 5.65 Å². The van der Waals surface area contributed by atoms with Gasteiger partial charge in [0.2, 0.25) is 0 Å². The largest absolute Gasteiger partial charge is 0.433 e. The lowest BCUT2D eigenvalue weighted by atomic mass is 10.3. The Labute approximate surface area is 77.2 Å². The van der Waals surface area contributed by atoms with E-state index >= 15 is 0 Å². The molecule has 2 rings (SSSR count). The van der Waals surface area contributed by atoms with E-state index in [-0.39, 0.29) is 11.3 Å². The van der Waals surface area contributed by atoms with Crippen molar-refractivity contribution in [3.8, 4) is 0 Å². The molecule has 2 heterocycles. The molecule has 0 saturated carbocycles. The minimum Gasteiger partial charge on any atom is -0.293 e. The number of aromatic nitrogens is 3. The van der Waals surface area contributed by atoms with Gasteiger partial charge in [-0.15, -0.1) is 0 Å². The maximum atomic E-state index is 12.5. The molecule has 0 aromatic carbocycles. The molecule has 6 heteroatoms. The van der Waals surface area contributed by atoms with Crippen LogP contribution in [0.3, 0.4) is 0 Å². The third-order valence-electron chi connectivity index (χ3n) is 1.87. The quantitative estimate of drug-likeness (QED) is 0.653. The van der Waals surface area contributed by atoms with Crippen molar-refractivity contribution in [2.24, 2.45) is 0 Å². The summed E-state index contributed by atoms with van der Waals surface area (Å²) in [6.45, 7) is 1.33. The molecule has 0 spiro atoms. The molecule has 0 radical (unpaired) electrons. The summed E-state index contributed by atoms with van der Waals surface area (Å²) < 4.78 is 38.6. The second kappa shape index (κ2) is 2.70. The highest BCUT2D eigenvalue weighted by atomic mass is 19.4. The minimum atomic E-state index is -4.38. The number of imidazole rings is 1. The van der Waals surface area contributed by atoms with Crippen LogP contribution in [0.4, 0.5) is 13.2 Å². The summed E-state index contributed by atoms with van der Waals surface area (Å²) in [5.41, 5.74) is -0.572.